The standard InChI is InChI=1S/C18H24N2O3/c1-14(18(19)22)23-17(21)11-8-15-6-9-16(10-7-15)20-12-4-2-3-5-13-20/h6-11,14H,2-5,12-13H2,1H3,(H2,19,22)/b11-8+/t14-/m1/s1. The monoisotopic (exact) mass is 316 g/mol. The van der Waals surface area contributed by atoms with Crippen LogP contribution in [0.2, 0.25) is 0 Å². The van der Waals surface area contributed by atoms with Gasteiger partial charge in [0, 0.05) is 24.9 Å². The third-order valence-corrected chi connectivity index (χ3v) is 3.97. The number of rotatable bonds is 5. The second-order valence-electron chi connectivity index (χ2n) is 5.81. The molecule has 0 unspecified atom stereocenters. The van der Waals surface area contributed by atoms with Crippen LogP contribution in [0.25, 0.3) is 6.08 Å². The number of carbonyl (C=O) groups is 2. The van der Waals surface area contributed by atoms with Gasteiger partial charge in [0.25, 0.3) is 5.91 Å². The van der Waals surface area contributed by atoms with Crippen LogP contribution in [0.15, 0.2) is 30.3 Å². The fourth-order valence-corrected chi connectivity index (χ4v) is 2.56. The first-order valence-electron chi connectivity index (χ1n) is 8.09. The third kappa shape index (κ3) is 5.43. The molecule has 0 bridgehead atoms. The molecular weight excluding hydrogens is 292 g/mol. The van der Waals surface area contributed by atoms with Gasteiger partial charge in [-0.1, -0.05) is 25.0 Å². The minimum Gasteiger partial charge on any atom is -0.449 e. The molecule has 1 saturated heterocycles. The van der Waals surface area contributed by atoms with Crippen molar-refractivity contribution in [3.63, 3.8) is 0 Å². The highest BCUT2D eigenvalue weighted by Gasteiger charge is 2.12. The molecule has 0 radical (unpaired) electrons. The van der Waals surface area contributed by atoms with E-state index in [1.165, 1.54) is 44.4 Å². The number of hydrogen-bond acceptors (Lipinski definition) is 4. The van der Waals surface area contributed by atoms with Crippen LogP contribution < -0.4 is 10.6 Å². The largest absolute Gasteiger partial charge is 0.449 e. The molecule has 0 aromatic heterocycles. The van der Waals surface area contributed by atoms with Crippen molar-refractivity contribution in [1.82, 2.24) is 0 Å². The Labute approximate surface area is 137 Å². The van der Waals surface area contributed by atoms with Crippen molar-refractivity contribution in [2.24, 2.45) is 5.73 Å². The summed E-state index contributed by atoms with van der Waals surface area (Å²) in [6, 6.07) is 8.09. The van der Waals surface area contributed by atoms with Crippen molar-refractivity contribution in [2.45, 2.75) is 38.7 Å². The van der Waals surface area contributed by atoms with Crippen LogP contribution in [-0.4, -0.2) is 31.1 Å². The Bertz CT molecular complexity index is 558. The van der Waals surface area contributed by atoms with Gasteiger partial charge < -0.3 is 15.4 Å². The van der Waals surface area contributed by atoms with Gasteiger partial charge in [0.2, 0.25) is 0 Å². The highest BCUT2D eigenvalue weighted by molar-refractivity contribution is 5.90. The summed E-state index contributed by atoms with van der Waals surface area (Å²) in [6.45, 7) is 3.66. The molecular formula is C18H24N2O3. The predicted molar refractivity (Wildman–Crippen MR) is 90.9 cm³/mol. The van der Waals surface area contributed by atoms with Crippen molar-refractivity contribution in [3.8, 4) is 0 Å². The third-order valence-electron chi connectivity index (χ3n) is 3.97. The van der Waals surface area contributed by atoms with Gasteiger partial charge in [0.1, 0.15) is 0 Å². The summed E-state index contributed by atoms with van der Waals surface area (Å²) in [5.74, 6) is -1.23. The SMILES string of the molecule is C[C@@H](OC(=O)/C=C/c1ccc(N2CCCCCC2)cc1)C(N)=O. The minimum atomic E-state index is -0.919. The quantitative estimate of drug-likeness (QED) is 0.669. The highest BCUT2D eigenvalue weighted by atomic mass is 16.5. The van der Waals surface area contributed by atoms with Gasteiger partial charge in [0.05, 0.1) is 0 Å². The van der Waals surface area contributed by atoms with E-state index in [9.17, 15) is 9.59 Å². The first-order chi connectivity index (χ1) is 11.1. The van der Waals surface area contributed by atoms with Crippen LogP contribution >= 0.6 is 0 Å². The number of primary amides is 1. The van der Waals surface area contributed by atoms with Crippen LogP contribution in [-0.2, 0) is 14.3 Å². The molecule has 23 heavy (non-hydrogen) atoms. The first kappa shape index (κ1) is 17.1. The Balaban J connectivity index is 1.92. The van der Waals surface area contributed by atoms with Crippen molar-refractivity contribution in [3.05, 3.63) is 35.9 Å². The lowest BCUT2D eigenvalue weighted by Gasteiger charge is -2.22. The Hall–Kier alpha value is -2.30. The molecule has 1 amide bonds. The van der Waals surface area contributed by atoms with Crippen molar-refractivity contribution < 1.29 is 14.3 Å². The summed E-state index contributed by atoms with van der Waals surface area (Å²) in [5, 5.41) is 0. The second kappa shape index (κ2) is 8.36. The number of nitrogens with two attached hydrogens (primary N) is 1. The fourth-order valence-electron chi connectivity index (χ4n) is 2.56. The normalized spacial score (nSPS) is 16.8. The minimum absolute atomic E-state index is 0.576. The molecule has 2 N–H and O–H groups in total. The molecule has 0 spiro atoms. The number of esters is 1. The number of anilines is 1. The Morgan fingerprint density at radius 3 is 2.30 bits per heavy atom. The molecule has 2 rings (SSSR count). The molecule has 124 valence electrons. The Kier molecular flexibility index (Phi) is 6.20. The zero-order chi connectivity index (χ0) is 16.7. The lowest BCUT2D eigenvalue weighted by molar-refractivity contribution is -0.148. The maximum atomic E-state index is 11.6. The lowest BCUT2D eigenvalue weighted by Crippen LogP contribution is -2.29. The predicted octanol–water partition coefficient (Wildman–Crippen LogP) is 2.50. The van der Waals surface area contributed by atoms with Gasteiger partial charge in [-0.15, -0.1) is 0 Å². The van der Waals surface area contributed by atoms with E-state index in [-0.39, 0.29) is 0 Å². The average molecular weight is 316 g/mol. The van der Waals surface area contributed by atoms with Crippen molar-refractivity contribution in [2.75, 3.05) is 18.0 Å². The van der Waals surface area contributed by atoms with E-state index < -0.39 is 18.0 Å². The Morgan fingerprint density at radius 1 is 1.13 bits per heavy atom. The summed E-state index contributed by atoms with van der Waals surface area (Å²) in [4.78, 5) is 24.8. The summed E-state index contributed by atoms with van der Waals surface area (Å²) in [6.07, 6.45) is 7.16. The van der Waals surface area contributed by atoms with Crippen LogP contribution in [0.5, 0.6) is 0 Å². The summed E-state index contributed by atoms with van der Waals surface area (Å²) in [7, 11) is 0. The number of benzene rings is 1. The van der Waals surface area contributed by atoms with Crippen LogP contribution in [0.3, 0.4) is 0 Å². The van der Waals surface area contributed by atoms with Gasteiger partial charge in [-0.05, 0) is 43.5 Å². The number of carbonyl (C=O) groups excluding carboxylic acids is 2. The molecule has 1 aromatic carbocycles. The lowest BCUT2D eigenvalue weighted by atomic mass is 10.1. The number of hydrogen-bond donors (Lipinski definition) is 1. The second-order valence-corrected chi connectivity index (χ2v) is 5.81. The van der Waals surface area contributed by atoms with Gasteiger partial charge in [0.15, 0.2) is 6.10 Å². The van der Waals surface area contributed by atoms with E-state index in [1.54, 1.807) is 6.08 Å². The maximum absolute atomic E-state index is 11.6. The molecule has 5 nitrogen and oxygen atoms in total. The van der Waals surface area contributed by atoms with Gasteiger partial charge in [-0.25, -0.2) is 4.79 Å². The summed E-state index contributed by atoms with van der Waals surface area (Å²) >= 11 is 0. The molecule has 1 aliphatic heterocycles. The molecule has 0 aliphatic carbocycles. The van der Waals surface area contributed by atoms with Crippen LogP contribution in [0.1, 0.15) is 38.2 Å². The molecule has 1 atom stereocenters. The van der Waals surface area contributed by atoms with E-state index in [4.69, 9.17) is 10.5 Å². The van der Waals surface area contributed by atoms with Crippen molar-refractivity contribution >= 4 is 23.6 Å². The smallest absolute Gasteiger partial charge is 0.331 e. The van der Waals surface area contributed by atoms with E-state index in [1.807, 2.05) is 12.1 Å². The van der Waals surface area contributed by atoms with Gasteiger partial charge >= 0.3 is 5.97 Å². The van der Waals surface area contributed by atoms with Gasteiger partial charge in [-0.2, -0.15) is 0 Å². The van der Waals surface area contributed by atoms with Crippen LogP contribution in [0, 0.1) is 0 Å². The van der Waals surface area contributed by atoms with Crippen LogP contribution in [0.4, 0.5) is 5.69 Å². The zero-order valence-electron chi connectivity index (χ0n) is 13.5. The maximum Gasteiger partial charge on any atom is 0.331 e. The Morgan fingerprint density at radius 2 is 1.74 bits per heavy atom. The molecule has 1 heterocycles. The fraction of sp³-hybridized carbons (Fsp3) is 0.444. The first-order valence-corrected chi connectivity index (χ1v) is 8.09. The highest BCUT2D eigenvalue weighted by Crippen LogP contribution is 2.20. The summed E-state index contributed by atoms with van der Waals surface area (Å²) < 4.78 is 4.86. The van der Waals surface area contributed by atoms with Crippen molar-refractivity contribution in [1.29, 1.82) is 0 Å². The topological polar surface area (TPSA) is 72.6 Å². The molecule has 5 heteroatoms. The van der Waals surface area contributed by atoms with E-state index in [0.717, 1.165) is 18.7 Å². The molecule has 1 fully saturated rings. The average Bonchev–Trinajstić information content (AvgIpc) is 2.82. The van der Waals surface area contributed by atoms with E-state index >= 15 is 0 Å². The molecule has 1 aliphatic rings. The van der Waals surface area contributed by atoms with Gasteiger partial charge in [-0.3, -0.25) is 4.79 Å². The number of amides is 1. The zero-order valence-corrected chi connectivity index (χ0v) is 13.5. The molecule has 0 saturated carbocycles. The van der Waals surface area contributed by atoms with E-state index in [2.05, 4.69) is 17.0 Å². The number of ether oxygens (including phenoxy) is 1. The number of nitrogens with zero attached hydrogens (tertiary/aromatic N) is 1. The van der Waals surface area contributed by atoms with E-state index in [0.29, 0.717) is 0 Å². The molecule has 1 aromatic rings. The summed E-state index contributed by atoms with van der Waals surface area (Å²) in [5.41, 5.74) is 7.17.